The van der Waals surface area contributed by atoms with Crippen LogP contribution in [0.5, 0.6) is 11.5 Å². The molecule has 1 unspecified atom stereocenters. The summed E-state index contributed by atoms with van der Waals surface area (Å²) in [5.41, 5.74) is 0.336. The maximum atomic E-state index is 13.0. The van der Waals surface area contributed by atoms with E-state index in [2.05, 4.69) is 15.0 Å². The second-order valence-corrected chi connectivity index (χ2v) is 6.40. The van der Waals surface area contributed by atoms with Crippen molar-refractivity contribution in [3.05, 3.63) is 41.6 Å². The molecule has 3 rings (SSSR count). The van der Waals surface area contributed by atoms with Crippen molar-refractivity contribution in [3.8, 4) is 11.5 Å². The van der Waals surface area contributed by atoms with E-state index in [-0.39, 0.29) is 29.7 Å². The fourth-order valence-electron chi connectivity index (χ4n) is 2.69. The highest BCUT2D eigenvalue weighted by Crippen LogP contribution is 2.30. The molecule has 2 aromatic rings. The van der Waals surface area contributed by atoms with Crippen LogP contribution in [0.4, 0.5) is 24.7 Å². The fourth-order valence-corrected chi connectivity index (χ4v) is 2.83. The lowest BCUT2D eigenvalue weighted by atomic mass is 10.2. The number of halogens is 4. The maximum Gasteiger partial charge on any atom is 0.573 e. The summed E-state index contributed by atoms with van der Waals surface area (Å²) < 4.78 is 46.2. The first-order valence-electron chi connectivity index (χ1n) is 8.46. The van der Waals surface area contributed by atoms with Crippen LogP contribution in [0.1, 0.15) is 13.3 Å². The van der Waals surface area contributed by atoms with Crippen LogP contribution in [-0.2, 0) is 9.59 Å². The van der Waals surface area contributed by atoms with Crippen molar-refractivity contribution in [1.82, 2.24) is 4.98 Å². The van der Waals surface area contributed by atoms with Crippen LogP contribution in [0, 0.1) is 0 Å². The van der Waals surface area contributed by atoms with Crippen LogP contribution >= 0.6 is 11.6 Å². The minimum Gasteiger partial charge on any atom is -0.481 e. The predicted molar refractivity (Wildman–Crippen MR) is 98.1 cm³/mol. The van der Waals surface area contributed by atoms with Gasteiger partial charge in [0.1, 0.15) is 23.2 Å². The molecule has 0 fully saturated rings. The predicted octanol–water partition coefficient (Wildman–Crippen LogP) is 3.78. The van der Waals surface area contributed by atoms with Gasteiger partial charge in [-0.2, -0.15) is 0 Å². The van der Waals surface area contributed by atoms with Crippen molar-refractivity contribution in [1.29, 1.82) is 0 Å². The average Bonchev–Trinajstić information content (AvgIpc) is 2.65. The third kappa shape index (κ3) is 5.08. The molecule has 1 aromatic carbocycles. The highest BCUT2D eigenvalue weighted by atomic mass is 35.5. The normalized spacial score (nSPS) is 14.7. The van der Waals surface area contributed by atoms with Crippen LogP contribution in [0.2, 0.25) is 5.15 Å². The SMILES string of the molecule is CCC(Oc1ccc(OC(F)(F)F)cc1)C(=O)N1CC(=O)Nc2ccc(Cl)nc21. The van der Waals surface area contributed by atoms with Crippen molar-refractivity contribution in [2.24, 2.45) is 0 Å². The molecule has 1 N–H and O–H groups in total. The van der Waals surface area contributed by atoms with Crippen molar-refractivity contribution in [3.63, 3.8) is 0 Å². The van der Waals surface area contributed by atoms with Crippen molar-refractivity contribution < 1.29 is 32.2 Å². The fraction of sp³-hybridized carbons (Fsp3) is 0.278. The molecule has 0 aliphatic carbocycles. The molecular weight excluding hydrogens is 415 g/mol. The summed E-state index contributed by atoms with van der Waals surface area (Å²) in [6.07, 6.45) is -5.56. The number of nitrogens with zero attached hydrogens (tertiary/aromatic N) is 2. The summed E-state index contributed by atoms with van der Waals surface area (Å²) in [6, 6.07) is 7.66. The smallest absolute Gasteiger partial charge is 0.481 e. The topological polar surface area (TPSA) is 80.8 Å². The summed E-state index contributed by atoms with van der Waals surface area (Å²) in [4.78, 5) is 30.2. The number of hydrogen-bond acceptors (Lipinski definition) is 5. The first-order chi connectivity index (χ1) is 13.7. The zero-order chi connectivity index (χ0) is 21.2. The van der Waals surface area contributed by atoms with Crippen LogP contribution in [-0.4, -0.2) is 35.8 Å². The number of amides is 2. The zero-order valence-electron chi connectivity index (χ0n) is 15.0. The summed E-state index contributed by atoms with van der Waals surface area (Å²) in [6.45, 7) is 1.43. The molecule has 0 saturated heterocycles. The van der Waals surface area contributed by atoms with Gasteiger partial charge in [-0.05, 0) is 42.8 Å². The number of carbonyl (C=O) groups excluding carboxylic acids is 2. The summed E-state index contributed by atoms with van der Waals surface area (Å²) in [5.74, 6) is -0.990. The molecule has 11 heteroatoms. The van der Waals surface area contributed by atoms with Gasteiger partial charge in [-0.15, -0.1) is 13.2 Å². The molecule has 2 heterocycles. The lowest BCUT2D eigenvalue weighted by Crippen LogP contribution is -2.48. The first kappa shape index (κ1) is 20.7. The Bertz CT molecular complexity index is 922. The molecule has 1 aliphatic rings. The molecule has 0 bridgehead atoms. The number of alkyl halides is 3. The largest absolute Gasteiger partial charge is 0.573 e. The summed E-state index contributed by atoms with van der Waals surface area (Å²) >= 11 is 5.90. The number of pyridine rings is 1. The van der Waals surface area contributed by atoms with Gasteiger partial charge in [0.25, 0.3) is 5.91 Å². The van der Waals surface area contributed by atoms with Gasteiger partial charge in [-0.3, -0.25) is 14.5 Å². The molecule has 154 valence electrons. The number of benzene rings is 1. The number of carbonyl (C=O) groups is 2. The Kier molecular flexibility index (Phi) is 5.83. The number of fused-ring (bicyclic) bond motifs is 1. The van der Waals surface area contributed by atoms with Gasteiger partial charge in [-0.1, -0.05) is 18.5 Å². The van der Waals surface area contributed by atoms with Gasteiger partial charge in [0.05, 0.1) is 5.69 Å². The van der Waals surface area contributed by atoms with Crippen LogP contribution in [0.25, 0.3) is 0 Å². The van der Waals surface area contributed by atoms with E-state index in [9.17, 15) is 22.8 Å². The van der Waals surface area contributed by atoms with Crippen molar-refractivity contribution >= 4 is 34.9 Å². The zero-order valence-corrected chi connectivity index (χ0v) is 15.8. The maximum absolute atomic E-state index is 13.0. The number of ether oxygens (including phenoxy) is 2. The Morgan fingerprint density at radius 3 is 2.52 bits per heavy atom. The van der Waals surface area contributed by atoms with E-state index in [4.69, 9.17) is 16.3 Å². The molecule has 0 spiro atoms. The van der Waals surface area contributed by atoms with E-state index in [0.29, 0.717) is 5.69 Å². The molecule has 1 aliphatic heterocycles. The number of aromatic nitrogens is 1. The van der Waals surface area contributed by atoms with Crippen LogP contribution in [0.15, 0.2) is 36.4 Å². The Morgan fingerprint density at radius 1 is 1.24 bits per heavy atom. The van der Waals surface area contributed by atoms with Crippen LogP contribution in [0.3, 0.4) is 0 Å². The standard InChI is InChI=1S/C18H15ClF3N3O4/c1-2-13(28-10-3-5-11(6-4-10)29-18(20,21)22)17(27)25-9-15(26)23-12-7-8-14(19)24-16(12)25/h3-8,13H,2,9H2,1H3,(H,23,26). The molecule has 29 heavy (non-hydrogen) atoms. The molecule has 0 radical (unpaired) electrons. The molecular formula is C18H15ClF3N3O4. The van der Waals surface area contributed by atoms with Crippen LogP contribution < -0.4 is 19.7 Å². The Balaban J connectivity index is 1.78. The Labute approximate surface area is 168 Å². The van der Waals surface area contributed by atoms with E-state index < -0.39 is 30.0 Å². The van der Waals surface area contributed by atoms with E-state index in [1.54, 1.807) is 6.92 Å². The van der Waals surface area contributed by atoms with E-state index in [1.807, 2.05) is 0 Å². The first-order valence-corrected chi connectivity index (χ1v) is 8.84. The van der Waals surface area contributed by atoms with Gasteiger partial charge in [-0.25, -0.2) is 4.98 Å². The minimum atomic E-state index is -4.80. The average molecular weight is 430 g/mol. The molecule has 1 atom stereocenters. The minimum absolute atomic E-state index is 0.145. The molecule has 0 saturated carbocycles. The summed E-state index contributed by atoms with van der Waals surface area (Å²) in [7, 11) is 0. The Hall–Kier alpha value is -3.01. The third-order valence-corrected chi connectivity index (χ3v) is 4.13. The molecule has 7 nitrogen and oxygen atoms in total. The van der Waals surface area contributed by atoms with Gasteiger partial charge >= 0.3 is 6.36 Å². The van der Waals surface area contributed by atoms with Gasteiger partial charge in [0.2, 0.25) is 5.91 Å². The highest BCUT2D eigenvalue weighted by molar-refractivity contribution is 6.29. The number of anilines is 2. The third-order valence-electron chi connectivity index (χ3n) is 3.92. The van der Waals surface area contributed by atoms with E-state index >= 15 is 0 Å². The van der Waals surface area contributed by atoms with E-state index in [0.717, 1.165) is 17.0 Å². The molecule has 2 amide bonds. The quantitative estimate of drug-likeness (QED) is 0.732. The second-order valence-electron chi connectivity index (χ2n) is 6.01. The lowest BCUT2D eigenvalue weighted by molar-refractivity contribution is -0.274. The van der Waals surface area contributed by atoms with Gasteiger partial charge < -0.3 is 14.8 Å². The van der Waals surface area contributed by atoms with E-state index in [1.165, 1.54) is 24.3 Å². The summed E-state index contributed by atoms with van der Waals surface area (Å²) in [5, 5.41) is 2.75. The van der Waals surface area contributed by atoms with Gasteiger partial charge in [0, 0.05) is 0 Å². The highest BCUT2D eigenvalue weighted by Gasteiger charge is 2.34. The monoisotopic (exact) mass is 429 g/mol. The number of rotatable bonds is 5. The van der Waals surface area contributed by atoms with Gasteiger partial charge in [0.15, 0.2) is 11.9 Å². The van der Waals surface area contributed by atoms with Crippen molar-refractivity contribution in [2.75, 3.05) is 16.8 Å². The molecule has 1 aromatic heterocycles. The number of nitrogens with one attached hydrogen (secondary N) is 1. The Morgan fingerprint density at radius 2 is 1.90 bits per heavy atom. The number of hydrogen-bond donors (Lipinski definition) is 1. The van der Waals surface area contributed by atoms with Crippen molar-refractivity contribution in [2.45, 2.75) is 25.8 Å². The second kappa shape index (κ2) is 8.16. The lowest BCUT2D eigenvalue weighted by Gasteiger charge is -2.30.